The van der Waals surface area contributed by atoms with Crippen LogP contribution in [-0.2, 0) is 6.61 Å². The molecule has 100 valence electrons. The van der Waals surface area contributed by atoms with Crippen molar-refractivity contribution in [1.29, 1.82) is 0 Å². The van der Waals surface area contributed by atoms with Gasteiger partial charge in [0.25, 0.3) is 0 Å². The van der Waals surface area contributed by atoms with E-state index in [9.17, 15) is 8.78 Å². The van der Waals surface area contributed by atoms with Gasteiger partial charge in [-0.25, -0.2) is 8.78 Å². The van der Waals surface area contributed by atoms with Gasteiger partial charge in [0.1, 0.15) is 24.0 Å². The van der Waals surface area contributed by atoms with Gasteiger partial charge in [0.15, 0.2) is 0 Å². The van der Waals surface area contributed by atoms with Crippen LogP contribution in [0.2, 0.25) is 0 Å². The van der Waals surface area contributed by atoms with Crippen LogP contribution in [0.15, 0.2) is 42.5 Å². The lowest BCUT2D eigenvalue weighted by molar-refractivity contribution is 0.288. The summed E-state index contributed by atoms with van der Waals surface area (Å²) in [6.45, 7) is 1.66. The van der Waals surface area contributed by atoms with E-state index >= 15 is 0 Å². The van der Waals surface area contributed by atoms with Crippen LogP contribution >= 0.6 is 0 Å². The smallest absolute Gasteiger partial charge is 0.132 e. The van der Waals surface area contributed by atoms with E-state index in [4.69, 9.17) is 10.5 Å². The predicted molar refractivity (Wildman–Crippen MR) is 69.7 cm³/mol. The minimum Gasteiger partial charge on any atom is -0.488 e. The van der Waals surface area contributed by atoms with Gasteiger partial charge in [0.2, 0.25) is 0 Å². The van der Waals surface area contributed by atoms with Crippen LogP contribution in [0, 0.1) is 11.6 Å². The molecule has 1 atom stereocenters. The number of ether oxygens (including phenoxy) is 1. The molecule has 4 heteroatoms. The summed E-state index contributed by atoms with van der Waals surface area (Å²) in [7, 11) is 0. The third-order valence-corrected chi connectivity index (χ3v) is 2.84. The van der Waals surface area contributed by atoms with Gasteiger partial charge in [-0.3, -0.25) is 0 Å². The summed E-state index contributed by atoms with van der Waals surface area (Å²) in [4.78, 5) is 0. The lowest BCUT2D eigenvalue weighted by Gasteiger charge is -2.14. The maximum Gasteiger partial charge on any atom is 0.132 e. The van der Waals surface area contributed by atoms with Crippen molar-refractivity contribution in [2.75, 3.05) is 0 Å². The summed E-state index contributed by atoms with van der Waals surface area (Å²) < 4.78 is 32.4. The maximum atomic E-state index is 13.5. The second-order valence-electron chi connectivity index (χ2n) is 4.32. The van der Waals surface area contributed by atoms with E-state index in [0.29, 0.717) is 5.75 Å². The molecule has 0 radical (unpaired) electrons. The first-order valence-corrected chi connectivity index (χ1v) is 6.00. The molecule has 2 aromatic rings. The largest absolute Gasteiger partial charge is 0.488 e. The van der Waals surface area contributed by atoms with Crippen molar-refractivity contribution in [3.8, 4) is 5.75 Å². The Bertz CT molecular complexity index is 550. The van der Waals surface area contributed by atoms with Crippen molar-refractivity contribution in [3.63, 3.8) is 0 Å². The van der Waals surface area contributed by atoms with Crippen molar-refractivity contribution in [3.05, 3.63) is 65.2 Å². The molecule has 2 nitrogen and oxygen atoms in total. The zero-order chi connectivity index (χ0) is 13.8. The Balaban J connectivity index is 2.19. The minimum atomic E-state index is -0.613. The summed E-state index contributed by atoms with van der Waals surface area (Å²) in [6, 6.07) is 10.7. The number of halogens is 2. The van der Waals surface area contributed by atoms with E-state index in [-0.39, 0.29) is 18.2 Å². The van der Waals surface area contributed by atoms with Gasteiger partial charge in [0.05, 0.1) is 5.56 Å². The Morgan fingerprint density at radius 2 is 1.68 bits per heavy atom. The van der Waals surface area contributed by atoms with E-state index in [1.807, 2.05) is 19.1 Å². The fourth-order valence-electron chi connectivity index (χ4n) is 1.81. The second-order valence-corrected chi connectivity index (χ2v) is 4.32. The normalized spacial score (nSPS) is 12.2. The Morgan fingerprint density at radius 1 is 1.05 bits per heavy atom. The van der Waals surface area contributed by atoms with Crippen LogP contribution in [0.3, 0.4) is 0 Å². The average molecular weight is 263 g/mol. The minimum absolute atomic E-state index is 0.0815. The molecule has 2 N–H and O–H groups in total. The highest BCUT2D eigenvalue weighted by Crippen LogP contribution is 2.25. The second kappa shape index (κ2) is 5.80. The standard InChI is InChI=1S/C15H15F2NO/c1-10(18)11-5-2-3-8-15(11)19-9-12-13(16)6-4-7-14(12)17/h2-8,10H,9,18H2,1H3/t10-/m0/s1. The molecule has 0 amide bonds. The van der Waals surface area contributed by atoms with Gasteiger partial charge < -0.3 is 10.5 Å². The quantitative estimate of drug-likeness (QED) is 0.915. The Kier molecular flexibility index (Phi) is 4.12. The molecule has 0 aromatic heterocycles. The molecule has 0 aliphatic heterocycles. The zero-order valence-electron chi connectivity index (χ0n) is 10.6. The summed E-state index contributed by atoms with van der Waals surface area (Å²) in [5.41, 5.74) is 6.54. The number of benzene rings is 2. The molecule has 0 unspecified atom stereocenters. The molecule has 19 heavy (non-hydrogen) atoms. The van der Waals surface area contributed by atoms with Crippen LogP contribution in [0.25, 0.3) is 0 Å². The van der Waals surface area contributed by atoms with Crippen molar-refractivity contribution in [2.24, 2.45) is 5.73 Å². The molecular formula is C15H15F2NO. The highest BCUT2D eigenvalue weighted by atomic mass is 19.1. The fraction of sp³-hybridized carbons (Fsp3) is 0.200. The molecule has 2 aromatic carbocycles. The zero-order valence-corrected chi connectivity index (χ0v) is 10.6. The van der Waals surface area contributed by atoms with E-state index in [1.54, 1.807) is 12.1 Å². The Morgan fingerprint density at radius 3 is 2.32 bits per heavy atom. The van der Waals surface area contributed by atoms with Gasteiger partial charge in [-0.2, -0.15) is 0 Å². The summed E-state index contributed by atoms with van der Waals surface area (Å²) in [5.74, 6) is -0.684. The lowest BCUT2D eigenvalue weighted by Crippen LogP contribution is -2.09. The van der Waals surface area contributed by atoms with Crippen LogP contribution in [-0.4, -0.2) is 0 Å². The molecular weight excluding hydrogens is 248 g/mol. The number of nitrogens with two attached hydrogens (primary N) is 1. The van der Waals surface area contributed by atoms with Crippen LogP contribution in [0.4, 0.5) is 8.78 Å². The summed E-state index contributed by atoms with van der Waals surface area (Å²) >= 11 is 0. The monoisotopic (exact) mass is 263 g/mol. The average Bonchev–Trinajstić information content (AvgIpc) is 2.38. The fourth-order valence-corrected chi connectivity index (χ4v) is 1.81. The summed E-state index contributed by atoms with van der Waals surface area (Å²) in [6.07, 6.45) is 0. The molecule has 0 bridgehead atoms. The number of hydrogen-bond acceptors (Lipinski definition) is 2. The molecule has 0 aliphatic carbocycles. The van der Waals surface area contributed by atoms with E-state index in [0.717, 1.165) is 5.56 Å². The van der Waals surface area contributed by atoms with Crippen molar-refractivity contribution in [1.82, 2.24) is 0 Å². The van der Waals surface area contributed by atoms with E-state index in [1.165, 1.54) is 18.2 Å². The van der Waals surface area contributed by atoms with E-state index in [2.05, 4.69) is 0 Å². The molecule has 0 aliphatic rings. The lowest BCUT2D eigenvalue weighted by atomic mass is 10.1. The maximum absolute atomic E-state index is 13.5. The van der Waals surface area contributed by atoms with E-state index < -0.39 is 11.6 Å². The highest BCUT2D eigenvalue weighted by molar-refractivity contribution is 5.35. The molecule has 2 rings (SSSR count). The number of hydrogen-bond donors (Lipinski definition) is 1. The van der Waals surface area contributed by atoms with Gasteiger partial charge in [-0.05, 0) is 25.1 Å². The first kappa shape index (κ1) is 13.5. The van der Waals surface area contributed by atoms with Crippen LogP contribution < -0.4 is 10.5 Å². The third kappa shape index (κ3) is 3.09. The molecule has 0 saturated carbocycles. The third-order valence-electron chi connectivity index (χ3n) is 2.84. The highest BCUT2D eigenvalue weighted by Gasteiger charge is 2.11. The van der Waals surface area contributed by atoms with Gasteiger partial charge in [-0.15, -0.1) is 0 Å². The van der Waals surface area contributed by atoms with Crippen LogP contribution in [0.1, 0.15) is 24.1 Å². The Hall–Kier alpha value is -1.94. The van der Waals surface area contributed by atoms with Gasteiger partial charge in [-0.1, -0.05) is 24.3 Å². The van der Waals surface area contributed by atoms with Crippen LogP contribution in [0.5, 0.6) is 5.75 Å². The molecule has 0 heterocycles. The molecule has 0 fully saturated rings. The SMILES string of the molecule is C[C@H](N)c1ccccc1OCc1c(F)cccc1F. The van der Waals surface area contributed by atoms with Gasteiger partial charge in [0, 0.05) is 11.6 Å². The first-order chi connectivity index (χ1) is 9.09. The van der Waals surface area contributed by atoms with Crippen molar-refractivity contribution in [2.45, 2.75) is 19.6 Å². The number of para-hydroxylation sites is 1. The number of rotatable bonds is 4. The molecule has 0 saturated heterocycles. The topological polar surface area (TPSA) is 35.2 Å². The Labute approximate surface area is 110 Å². The van der Waals surface area contributed by atoms with Gasteiger partial charge >= 0.3 is 0 Å². The summed E-state index contributed by atoms with van der Waals surface area (Å²) in [5, 5.41) is 0. The predicted octanol–water partition coefficient (Wildman–Crippen LogP) is 3.56. The van der Waals surface area contributed by atoms with Crippen molar-refractivity contribution >= 4 is 0 Å². The molecule has 0 spiro atoms. The first-order valence-electron chi connectivity index (χ1n) is 6.00. The van der Waals surface area contributed by atoms with Crippen molar-refractivity contribution < 1.29 is 13.5 Å².